The van der Waals surface area contributed by atoms with E-state index in [9.17, 15) is 9.59 Å². The van der Waals surface area contributed by atoms with Crippen molar-refractivity contribution in [3.05, 3.63) is 23.3 Å². The standard InChI is InChI=1S/C24H42N4O4/c1-18(2)23(29)19-16-20(24(30)27-12-13-28(3)4)22(32-14-8-5-6-10-25)17-21(19)31-15-9-7-11-26/h16-18H,5-15,25-26H2,1-4H3,(H,27,30). The Bertz CT molecular complexity index is 707. The first-order valence-electron chi connectivity index (χ1n) is 11.6. The number of nitrogens with one attached hydrogen (secondary N) is 1. The summed E-state index contributed by atoms with van der Waals surface area (Å²) in [6.45, 7) is 7.00. The predicted molar refractivity (Wildman–Crippen MR) is 129 cm³/mol. The molecule has 0 aliphatic heterocycles. The van der Waals surface area contributed by atoms with E-state index >= 15 is 0 Å². The Morgan fingerprint density at radius 2 is 1.47 bits per heavy atom. The lowest BCUT2D eigenvalue weighted by Gasteiger charge is -2.18. The fourth-order valence-electron chi connectivity index (χ4n) is 3.00. The molecule has 1 aromatic carbocycles. The fraction of sp³-hybridized carbons (Fsp3) is 0.667. The van der Waals surface area contributed by atoms with E-state index in [4.69, 9.17) is 20.9 Å². The first-order valence-corrected chi connectivity index (χ1v) is 11.6. The Balaban J connectivity index is 3.19. The summed E-state index contributed by atoms with van der Waals surface area (Å²) in [4.78, 5) is 27.8. The van der Waals surface area contributed by atoms with Crippen molar-refractivity contribution in [2.45, 2.75) is 46.0 Å². The molecule has 32 heavy (non-hydrogen) atoms. The molecule has 1 aromatic rings. The van der Waals surface area contributed by atoms with E-state index in [1.54, 1.807) is 12.1 Å². The number of hydrogen-bond donors (Lipinski definition) is 3. The number of ether oxygens (including phenoxy) is 2. The van der Waals surface area contributed by atoms with E-state index in [0.29, 0.717) is 62.0 Å². The molecule has 0 heterocycles. The summed E-state index contributed by atoms with van der Waals surface area (Å²) in [5.41, 5.74) is 11.9. The Morgan fingerprint density at radius 1 is 0.906 bits per heavy atom. The second-order valence-electron chi connectivity index (χ2n) is 8.46. The normalized spacial score (nSPS) is 11.1. The SMILES string of the molecule is CC(C)C(=O)c1cc(C(=O)NCCN(C)C)c(OCCCCCN)cc1OCCCCN. The van der Waals surface area contributed by atoms with Gasteiger partial charge >= 0.3 is 0 Å². The second-order valence-corrected chi connectivity index (χ2v) is 8.46. The number of hydrogen-bond acceptors (Lipinski definition) is 7. The first-order chi connectivity index (χ1) is 15.3. The Labute approximate surface area is 193 Å². The third-order valence-corrected chi connectivity index (χ3v) is 4.92. The van der Waals surface area contributed by atoms with Crippen LogP contribution in [0.15, 0.2) is 12.1 Å². The number of amides is 1. The van der Waals surface area contributed by atoms with Crippen LogP contribution in [0.1, 0.15) is 66.7 Å². The molecule has 8 nitrogen and oxygen atoms in total. The number of nitrogens with two attached hydrogens (primary N) is 2. The van der Waals surface area contributed by atoms with Gasteiger partial charge in [-0.2, -0.15) is 0 Å². The Morgan fingerprint density at radius 3 is 2.03 bits per heavy atom. The molecular weight excluding hydrogens is 408 g/mol. The molecule has 0 spiro atoms. The highest BCUT2D eigenvalue weighted by molar-refractivity contribution is 6.04. The number of benzene rings is 1. The molecule has 182 valence electrons. The van der Waals surface area contributed by atoms with E-state index in [2.05, 4.69) is 5.32 Å². The van der Waals surface area contributed by atoms with Crippen molar-refractivity contribution >= 4 is 11.7 Å². The van der Waals surface area contributed by atoms with Gasteiger partial charge in [-0.3, -0.25) is 9.59 Å². The van der Waals surface area contributed by atoms with Crippen LogP contribution in [0.5, 0.6) is 11.5 Å². The topological polar surface area (TPSA) is 120 Å². The Kier molecular flexibility index (Phi) is 13.6. The van der Waals surface area contributed by atoms with Crippen LogP contribution in [-0.4, -0.2) is 70.1 Å². The average Bonchev–Trinajstić information content (AvgIpc) is 2.75. The van der Waals surface area contributed by atoms with E-state index < -0.39 is 0 Å². The van der Waals surface area contributed by atoms with Crippen molar-refractivity contribution in [2.75, 3.05) is 53.5 Å². The second kappa shape index (κ2) is 15.6. The van der Waals surface area contributed by atoms with Gasteiger partial charge in [0.2, 0.25) is 0 Å². The van der Waals surface area contributed by atoms with Gasteiger partial charge in [-0.05, 0) is 65.4 Å². The molecule has 0 radical (unpaired) electrons. The minimum absolute atomic E-state index is 0.0735. The van der Waals surface area contributed by atoms with Crippen molar-refractivity contribution in [3.8, 4) is 11.5 Å². The van der Waals surface area contributed by atoms with Crippen LogP contribution in [0, 0.1) is 5.92 Å². The minimum atomic E-state index is -0.267. The van der Waals surface area contributed by atoms with E-state index in [0.717, 1.165) is 32.1 Å². The molecule has 0 bridgehead atoms. The van der Waals surface area contributed by atoms with Crippen LogP contribution >= 0.6 is 0 Å². The first kappa shape index (κ1) is 27.9. The van der Waals surface area contributed by atoms with Crippen molar-refractivity contribution in [2.24, 2.45) is 17.4 Å². The molecular formula is C24H42N4O4. The maximum absolute atomic E-state index is 12.9. The third kappa shape index (κ3) is 9.97. The van der Waals surface area contributed by atoms with Crippen LogP contribution < -0.4 is 26.3 Å². The fourth-order valence-corrected chi connectivity index (χ4v) is 3.00. The monoisotopic (exact) mass is 450 g/mol. The number of carbonyl (C=O) groups is 2. The van der Waals surface area contributed by atoms with Crippen molar-refractivity contribution in [1.82, 2.24) is 10.2 Å². The highest BCUT2D eigenvalue weighted by Crippen LogP contribution is 2.32. The lowest BCUT2D eigenvalue weighted by Crippen LogP contribution is -2.31. The van der Waals surface area contributed by atoms with Crippen molar-refractivity contribution < 1.29 is 19.1 Å². The zero-order valence-electron chi connectivity index (χ0n) is 20.2. The van der Waals surface area contributed by atoms with Crippen LogP contribution in [0.25, 0.3) is 0 Å². The summed E-state index contributed by atoms with van der Waals surface area (Å²) in [5, 5.41) is 2.91. The lowest BCUT2D eigenvalue weighted by molar-refractivity contribution is 0.0935. The molecule has 1 amide bonds. The number of unbranched alkanes of at least 4 members (excludes halogenated alkanes) is 3. The smallest absolute Gasteiger partial charge is 0.255 e. The summed E-state index contributed by atoms with van der Waals surface area (Å²) < 4.78 is 11.9. The van der Waals surface area contributed by atoms with Gasteiger partial charge in [-0.1, -0.05) is 13.8 Å². The molecule has 0 aliphatic rings. The highest BCUT2D eigenvalue weighted by Gasteiger charge is 2.23. The number of nitrogens with zero attached hydrogens (tertiary/aromatic N) is 1. The molecule has 0 saturated carbocycles. The van der Waals surface area contributed by atoms with E-state index in [1.807, 2.05) is 32.8 Å². The summed E-state index contributed by atoms with van der Waals surface area (Å²) in [6, 6.07) is 3.29. The van der Waals surface area contributed by atoms with Gasteiger partial charge < -0.3 is 31.2 Å². The minimum Gasteiger partial charge on any atom is -0.493 e. The summed E-state index contributed by atoms with van der Waals surface area (Å²) >= 11 is 0. The summed E-state index contributed by atoms with van der Waals surface area (Å²) in [5.74, 6) is 0.304. The van der Waals surface area contributed by atoms with E-state index in [1.165, 1.54) is 0 Å². The van der Waals surface area contributed by atoms with Gasteiger partial charge in [-0.15, -0.1) is 0 Å². The van der Waals surface area contributed by atoms with Crippen molar-refractivity contribution in [1.29, 1.82) is 0 Å². The third-order valence-electron chi connectivity index (χ3n) is 4.92. The maximum atomic E-state index is 12.9. The number of ketones is 1. The molecule has 0 aliphatic carbocycles. The molecule has 0 saturated heterocycles. The molecule has 8 heteroatoms. The number of rotatable bonds is 17. The molecule has 0 atom stereocenters. The molecule has 0 aromatic heterocycles. The Hall–Kier alpha value is -2.16. The van der Waals surface area contributed by atoms with Crippen LogP contribution in [0.4, 0.5) is 0 Å². The van der Waals surface area contributed by atoms with Crippen LogP contribution in [0.2, 0.25) is 0 Å². The van der Waals surface area contributed by atoms with Gasteiger partial charge in [0.1, 0.15) is 11.5 Å². The quantitative estimate of drug-likeness (QED) is 0.246. The largest absolute Gasteiger partial charge is 0.493 e. The zero-order chi connectivity index (χ0) is 23.9. The highest BCUT2D eigenvalue weighted by atomic mass is 16.5. The average molecular weight is 451 g/mol. The van der Waals surface area contributed by atoms with Crippen LogP contribution in [-0.2, 0) is 0 Å². The zero-order valence-corrected chi connectivity index (χ0v) is 20.2. The molecule has 1 rings (SSSR count). The summed E-state index contributed by atoms with van der Waals surface area (Å²) in [6.07, 6.45) is 4.34. The molecule has 5 N–H and O–H groups in total. The van der Waals surface area contributed by atoms with Gasteiger partial charge in [0.05, 0.1) is 24.3 Å². The van der Waals surface area contributed by atoms with Gasteiger partial charge in [0, 0.05) is 25.1 Å². The van der Waals surface area contributed by atoms with E-state index in [-0.39, 0.29) is 17.6 Å². The maximum Gasteiger partial charge on any atom is 0.255 e. The molecule has 0 unspecified atom stereocenters. The van der Waals surface area contributed by atoms with Gasteiger partial charge in [-0.25, -0.2) is 0 Å². The summed E-state index contributed by atoms with van der Waals surface area (Å²) in [7, 11) is 3.89. The van der Waals surface area contributed by atoms with Gasteiger partial charge in [0.15, 0.2) is 5.78 Å². The predicted octanol–water partition coefficient (Wildman–Crippen LogP) is 2.44. The van der Waals surface area contributed by atoms with Crippen LogP contribution in [0.3, 0.4) is 0 Å². The number of carbonyl (C=O) groups excluding carboxylic acids is 2. The van der Waals surface area contributed by atoms with Crippen molar-refractivity contribution in [3.63, 3.8) is 0 Å². The number of Topliss-reactive ketones (excluding diaryl/α,β-unsaturated/α-hetero) is 1. The molecule has 0 fully saturated rings. The lowest BCUT2D eigenvalue weighted by atomic mass is 9.97. The number of likely N-dealkylation sites (N-methyl/N-ethyl adjacent to an activating group) is 1. The van der Waals surface area contributed by atoms with Gasteiger partial charge in [0.25, 0.3) is 5.91 Å².